The first-order valence-electron chi connectivity index (χ1n) is 12.5. The van der Waals surface area contributed by atoms with E-state index in [2.05, 4.69) is 35.9 Å². The molecule has 0 unspecified atom stereocenters. The third kappa shape index (κ3) is 7.02. The first-order chi connectivity index (χ1) is 18.5. The highest BCUT2D eigenvalue weighted by atomic mass is 19.4. The molecule has 39 heavy (non-hydrogen) atoms. The molecule has 2 aromatic carbocycles. The van der Waals surface area contributed by atoms with Gasteiger partial charge in [-0.25, -0.2) is 9.67 Å². The Kier molecular flexibility index (Phi) is 8.34. The lowest BCUT2D eigenvalue weighted by Crippen LogP contribution is -2.14. The number of nitrogens with one attached hydrogen (secondary N) is 3. The molecule has 0 spiro atoms. The zero-order valence-corrected chi connectivity index (χ0v) is 22.2. The fraction of sp³-hybridized carbons (Fsp3) is 0.333. The van der Waals surface area contributed by atoms with Crippen molar-refractivity contribution >= 4 is 40.1 Å². The van der Waals surface area contributed by atoms with Crippen LogP contribution < -0.4 is 16.0 Å². The number of hydrogen-bond acceptors (Lipinski definition) is 7. The fourth-order valence-electron chi connectivity index (χ4n) is 3.97. The number of unbranched alkanes of at least 4 members (excludes halogenated alkanes) is 1. The maximum absolute atomic E-state index is 13.0. The smallest absolute Gasteiger partial charge is 0.354 e. The lowest BCUT2D eigenvalue weighted by atomic mass is 10.1. The molecule has 12 heteroatoms. The van der Waals surface area contributed by atoms with Crippen LogP contribution >= 0.6 is 0 Å². The standard InChI is InChI=1S/C27H31F3N8O/c1-17-10-11-18(25(39)33-20-9-7-8-19(15-20)27(28,29)30)14-22(17)34-23-21-16-32-26(35-24(21)38(4)36-23)31-12-5-6-13-37(2)3/h7-11,14-16H,5-6,12-13H2,1-4H3,(H,33,39)(H,34,36)(H,31,32,35). The van der Waals surface area contributed by atoms with E-state index in [-0.39, 0.29) is 11.3 Å². The van der Waals surface area contributed by atoms with Gasteiger partial charge >= 0.3 is 6.18 Å². The van der Waals surface area contributed by atoms with Crippen LogP contribution in [0.15, 0.2) is 48.7 Å². The van der Waals surface area contributed by atoms with Gasteiger partial charge in [0, 0.05) is 36.7 Å². The summed E-state index contributed by atoms with van der Waals surface area (Å²) in [5.74, 6) is 0.503. The van der Waals surface area contributed by atoms with E-state index in [1.54, 1.807) is 36.1 Å². The van der Waals surface area contributed by atoms with Gasteiger partial charge in [0.25, 0.3) is 5.91 Å². The predicted molar refractivity (Wildman–Crippen MR) is 146 cm³/mol. The van der Waals surface area contributed by atoms with Crippen molar-refractivity contribution in [3.05, 3.63) is 65.4 Å². The molecule has 3 N–H and O–H groups in total. The van der Waals surface area contributed by atoms with Crippen LogP contribution in [0, 0.1) is 6.92 Å². The molecule has 4 aromatic rings. The highest BCUT2D eigenvalue weighted by Crippen LogP contribution is 2.31. The maximum Gasteiger partial charge on any atom is 0.416 e. The Morgan fingerprint density at radius 1 is 1.10 bits per heavy atom. The number of carbonyl (C=O) groups excluding carboxylic acids is 1. The number of aromatic nitrogens is 4. The van der Waals surface area contributed by atoms with Crippen molar-refractivity contribution in [3.63, 3.8) is 0 Å². The highest BCUT2D eigenvalue weighted by Gasteiger charge is 2.30. The van der Waals surface area contributed by atoms with E-state index in [1.165, 1.54) is 12.1 Å². The Morgan fingerprint density at radius 3 is 2.64 bits per heavy atom. The summed E-state index contributed by atoms with van der Waals surface area (Å²) in [6, 6.07) is 9.51. The SMILES string of the molecule is Cc1ccc(C(=O)Nc2cccc(C(F)(F)F)c2)cc1Nc1nn(C)c2nc(NCCCCN(C)C)ncc12. The summed E-state index contributed by atoms with van der Waals surface area (Å²) in [7, 11) is 5.88. The van der Waals surface area contributed by atoms with Crippen LogP contribution in [-0.2, 0) is 13.2 Å². The summed E-state index contributed by atoms with van der Waals surface area (Å²) < 4.78 is 40.7. The van der Waals surface area contributed by atoms with E-state index in [0.29, 0.717) is 28.5 Å². The lowest BCUT2D eigenvalue weighted by Gasteiger charge is -2.12. The largest absolute Gasteiger partial charge is 0.416 e. The molecule has 2 aromatic heterocycles. The van der Waals surface area contributed by atoms with Crippen LogP contribution in [0.5, 0.6) is 0 Å². The molecule has 0 bridgehead atoms. The average Bonchev–Trinajstić information content (AvgIpc) is 3.19. The Morgan fingerprint density at radius 2 is 1.90 bits per heavy atom. The number of amides is 1. The van der Waals surface area contributed by atoms with Gasteiger partial charge in [0.1, 0.15) is 0 Å². The normalized spacial score (nSPS) is 11.7. The van der Waals surface area contributed by atoms with Crippen molar-refractivity contribution in [2.24, 2.45) is 7.05 Å². The van der Waals surface area contributed by atoms with Gasteiger partial charge in [0.05, 0.1) is 10.9 Å². The predicted octanol–water partition coefficient (Wildman–Crippen LogP) is 5.44. The molecule has 206 valence electrons. The summed E-state index contributed by atoms with van der Waals surface area (Å²) in [5, 5.41) is 14.3. The van der Waals surface area contributed by atoms with E-state index < -0.39 is 17.6 Å². The van der Waals surface area contributed by atoms with Crippen molar-refractivity contribution in [3.8, 4) is 0 Å². The van der Waals surface area contributed by atoms with E-state index >= 15 is 0 Å². The molecule has 0 aliphatic heterocycles. The minimum absolute atomic E-state index is 0.0555. The third-order valence-electron chi connectivity index (χ3n) is 6.10. The van der Waals surface area contributed by atoms with E-state index in [4.69, 9.17) is 0 Å². The Labute approximate surface area is 224 Å². The number of halogens is 3. The third-order valence-corrected chi connectivity index (χ3v) is 6.10. The number of rotatable bonds is 10. The number of benzene rings is 2. The van der Waals surface area contributed by atoms with E-state index in [0.717, 1.165) is 43.6 Å². The maximum atomic E-state index is 13.0. The van der Waals surface area contributed by atoms with E-state index in [9.17, 15) is 18.0 Å². The topological polar surface area (TPSA) is 100 Å². The quantitative estimate of drug-likeness (QED) is 0.230. The monoisotopic (exact) mass is 540 g/mol. The second-order valence-corrected chi connectivity index (χ2v) is 9.53. The van der Waals surface area contributed by atoms with Gasteiger partial charge in [-0.2, -0.15) is 23.3 Å². The molecule has 0 aliphatic carbocycles. The molecular weight excluding hydrogens is 509 g/mol. The van der Waals surface area contributed by atoms with Crippen LogP contribution in [0.2, 0.25) is 0 Å². The first-order valence-corrected chi connectivity index (χ1v) is 12.5. The zero-order chi connectivity index (χ0) is 28.2. The molecule has 0 saturated heterocycles. The number of nitrogens with zero attached hydrogens (tertiary/aromatic N) is 5. The van der Waals surface area contributed by atoms with Crippen LogP contribution in [0.25, 0.3) is 11.0 Å². The Bertz CT molecular complexity index is 1470. The number of aryl methyl sites for hydroxylation is 2. The van der Waals surface area contributed by atoms with Gasteiger partial charge < -0.3 is 20.9 Å². The lowest BCUT2D eigenvalue weighted by molar-refractivity contribution is -0.137. The zero-order valence-electron chi connectivity index (χ0n) is 22.2. The Hall–Kier alpha value is -4.19. The molecule has 0 fully saturated rings. The second-order valence-electron chi connectivity index (χ2n) is 9.53. The molecule has 1 amide bonds. The van der Waals surface area contributed by atoms with Gasteiger partial charge in [-0.3, -0.25) is 4.79 Å². The Balaban J connectivity index is 1.48. The molecule has 0 aliphatic rings. The van der Waals surface area contributed by atoms with Gasteiger partial charge in [-0.05, 0) is 76.3 Å². The second kappa shape index (κ2) is 11.7. The average molecular weight is 541 g/mol. The molecule has 4 rings (SSSR count). The van der Waals surface area contributed by atoms with Crippen molar-refractivity contribution < 1.29 is 18.0 Å². The van der Waals surface area contributed by atoms with Crippen LogP contribution in [0.1, 0.15) is 34.3 Å². The minimum atomic E-state index is -4.50. The number of hydrogen-bond donors (Lipinski definition) is 3. The van der Waals surface area contributed by atoms with Crippen LogP contribution in [0.4, 0.5) is 36.3 Å². The summed E-state index contributed by atoms with van der Waals surface area (Å²) in [4.78, 5) is 24.0. The molecule has 2 heterocycles. The van der Waals surface area contributed by atoms with E-state index in [1.807, 2.05) is 21.0 Å². The number of alkyl halides is 3. The van der Waals surface area contributed by atoms with Crippen LogP contribution in [-0.4, -0.2) is 57.7 Å². The van der Waals surface area contributed by atoms with Crippen molar-refractivity contribution in [1.82, 2.24) is 24.6 Å². The van der Waals surface area contributed by atoms with Gasteiger partial charge in [-0.1, -0.05) is 12.1 Å². The molecule has 9 nitrogen and oxygen atoms in total. The molecule has 0 atom stereocenters. The van der Waals surface area contributed by atoms with Gasteiger partial charge in [0.2, 0.25) is 5.95 Å². The van der Waals surface area contributed by atoms with Crippen molar-refractivity contribution in [2.75, 3.05) is 43.1 Å². The number of carbonyl (C=O) groups is 1. The first kappa shape index (κ1) is 27.8. The molecule has 0 saturated carbocycles. The van der Waals surface area contributed by atoms with Gasteiger partial charge in [0.15, 0.2) is 11.5 Å². The summed E-state index contributed by atoms with van der Waals surface area (Å²) in [6.45, 7) is 3.65. The van der Waals surface area contributed by atoms with Crippen molar-refractivity contribution in [1.29, 1.82) is 0 Å². The summed E-state index contributed by atoms with van der Waals surface area (Å²) in [6.07, 6.45) is -0.744. The summed E-state index contributed by atoms with van der Waals surface area (Å²) >= 11 is 0. The molecule has 0 radical (unpaired) electrons. The van der Waals surface area contributed by atoms with Gasteiger partial charge in [-0.15, -0.1) is 0 Å². The summed E-state index contributed by atoms with van der Waals surface area (Å²) in [5.41, 5.74) is 1.60. The molecular formula is C27H31F3N8O. The number of anilines is 4. The van der Waals surface area contributed by atoms with Crippen molar-refractivity contribution in [2.45, 2.75) is 25.9 Å². The number of fused-ring (bicyclic) bond motifs is 1. The highest BCUT2D eigenvalue weighted by molar-refractivity contribution is 6.05. The fourth-order valence-corrected chi connectivity index (χ4v) is 3.97. The van der Waals surface area contributed by atoms with Crippen LogP contribution in [0.3, 0.4) is 0 Å². The minimum Gasteiger partial charge on any atom is -0.354 e.